The largest absolute Gasteiger partial charge is 0.375 e. The van der Waals surface area contributed by atoms with Crippen LogP contribution in [-0.4, -0.2) is 0 Å². The number of fused-ring (bicyclic) bond motifs is 3. The predicted octanol–water partition coefficient (Wildman–Crippen LogP) is 9.20. The fourth-order valence-corrected chi connectivity index (χ4v) is 5.18. The van der Waals surface area contributed by atoms with Crippen molar-refractivity contribution in [2.24, 2.45) is 0 Å². The van der Waals surface area contributed by atoms with E-state index in [9.17, 15) is 0 Å². The lowest BCUT2D eigenvalue weighted by Gasteiger charge is -2.36. The quantitative estimate of drug-likeness (QED) is 0.278. The highest BCUT2D eigenvalue weighted by Crippen LogP contribution is 2.39. The van der Waals surface area contributed by atoms with E-state index in [4.69, 9.17) is 0 Å². The van der Waals surface area contributed by atoms with Gasteiger partial charge in [-0.25, -0.2) is 0 Å². The van der Waals surface area contributed by atoms with Crippen molar-refractivity contribution in [3.63, 3.8) is 0 Å². The average Bonchev–Trinajstić information content (AvgIpc) is 2.86. The van der Waals surface area contributed by atoms with Gasteiger partial charge >= 0.3 is 0 Å². The van der Waals surface area contributed by atoms with Crippen molar-refractivity contribution in [2.45, 2.75) is 71.3 Å². The van der Waals surface area contributed by atoms with Crippen LogP contribution in [0.1, 0.15) is 71.4 Å². The molecule has 0 saturated carbocycles. The van der Waals surface area contributed by atoms with Crippen LogP contribution in [0.5, 0.6) is 0 Å². The second-order valence-electron chi connectivity index (χ2n) is 9.45. The number of anilines is 1. The Kier molecular flexibility index (Phi) is 6.29. The lowest BCUT2D eigenvalue weighted by atomic mass is 9.76. The number of rotatable bonds is 8. The third-order valence-corrected chi connectivity index (χ3v) is 8.05. The van der Waals surface area contributed by atoms with Gasteiger partial charge in [0.05, 0.1) is 5.54 Å². The van der Waals surface area contributed by atoms with Crippen LogP contribution in [0.2, 0.25) is 0 Å². The maximum atomic E-state index is 4.03. The van der Waals surface area contributed by atoms with Gasteiger partial charge in [0, 0.05) is 11.1 Å². The van der Waals surface area contributed by atoms with Crippen molar-refractivity contribution >= 4 is 27.2 Å². The maximum Gasteiger partial charge on any atom is 0.0620 e. The Bertz CT molecular complexity index is 1190. The zero-order valence-corrected chi connectivity index (χ0v) is 20.3. The summed E-state index contributed by atoms with van der Waals surface area (Å²) in [6.07, 6.45) is 4.39. The fraction of sp³-hybridized carbons (Fsp3) is 0.355. The van der Waals surface area contributed by atoms with Gasteiger partial charge in [-0.2, -0.15) is 0 Å². The Morgan fingerprint density at radius 1 is 0.594 bits per heavy atom. The Morgan fingerprint density at radius 3 is 1.84 bits per heavy atom. The summed E-state index contributed by atoms with van der Waals surface area (Å²) in [5.41, 5.74) is 4.20. The summed E-state index contributed by atoms with van der Waals surface area (Å²) in [5.74, 6) is 0. The zero-order valence-electron chi connectivity index (χ0n) is 20.3. The molecule has 4 rings (SSSR count). The molecule has 0 saturated heterocycles. The van der Waals surface area contributed by atoms with Gasteiger partial charge in [0.25, 0.3) is 0 Å². The summed E-state index contributed by atoms with van der Waals surface area (Å²) < 4.78 is 0. The van der Waals surface area contributed by atoms with Crippen LogP contribution in [0.3, 0.4) is 0 Å². The minimum absolute atomic E-state index is 0.0986. The van der Waals surface area contributed by atoms with Gasteiger partial charge in [-0.05, 0) is 64.5 Å². The molecule has 0 heterocycles. The van der Waals surface area contributed by atoms with Crippen LogP contribution in [-0.2, 0) is 11.0 Å². The molecule has 1 nitrogen and oxygen atoms in total. The topological polar surface area (TPSA) is 12.0 Å². The maximum absolute atomic E-state index is 4.03. The zero-order chi connectivity index (χ0) is 22.8. The van der Waals surface area contributed by atoms with E-state index in [1.165, 1.54) is 38.4 Å². The lowest BCUT2D eigenvalue weighted by Crippen LogP contribution is -2.34. The monoisotopic (exact) mass is 423 g/mol. The van der Waals surface area contributed by atoms with Gasteiger partial charge in [-0.3, -0.25) is 0 Å². The van der Waals surface area contributed by atoms with E-state index in [0.717, 1.165) is 25.7 Å². The SMILES string of the molecule is CCC(C)(CC)c1ccc(C(CC)(CC)Nc2cccc3ccc4ccccc4c23)cc1. The van der Waals surface area contributed by atoms with E-state index in [1.54, 1.807) is 0 Å². The number of hydrogen-bond acceptors (Lipinski definition) is 1. The molecule has 0 atom stereocenters. The summed E-state index contributed by atoms with van der Waals surface area (Å²) in [7, 11) is 0. The second kappa shape index (κ2) is 8.98. The van der Waals surface area contributed by atoms with Crippen molar-refractivity contribution in [3.8, 4) is 0 Å². The molecule has 0 fully saturated rings. The summed E-state index contributed by atoms with van der Waals surface area (Å²) >= 11 is 0. The third-order valence-electron chi connectivity index (χ3n) is 8.05. The van der Waals surface area contributed by atoms with E-state index in [1.807, 2.05) is 0 Å². The average molecular weight is 424 g/mol. The van der Waals surface area contributed by atoms with Crippen LogP contribution >= 0.6 is 0 Å². The number of hydrogen-bond donors (Lipinski definition) is 1. The van der Waals surface area contributed by atoms with E-state index in [-0.39, 0.29) is 11.0 Å². The van der Waals surface area contributed by atoms with Crippen LogP contribution in [0.4, 0.5) is 5.69 Å². The highest BCUT2D eigenvalue weighted by Gasteiger charge is 2.30. The molecule has 0 unspecified atom stereocenters. The Morgan fingerprint density at radius 2 is 1.19 bits per heavy atom. The molecule has 0 aliphatic carbocycles. The molecule has 0 aromatic heterocycles. The molecule has 1 heteroatoms. The Hall–Kier alpha value is -2.80. The van der Waals surface area contributed by atoms with E-state index < -0.39 is 0 Å². The standard InChI is InChI=1S/C31H37N/c1-6-30(5,7-2)25-19-21-26(22-20-25)31(8-3,9-4)32-28-16-12-14-24-18-17-23-13-10-11-15-27(23)29(24)28/h10-22,32H,6-9H2,1-5H3. The van der Waals surface area contributed by atoms with Crippen molar-refractivity contribution in [1.29, 1.82) is 0 Å². The fourth-order valence-electron chi connectivity index (χ4n) is 5.18. The van der Waals surface area contributed by atoms with Gasteiger partial charge in [-0.1, -0.05) is 107 Å². The van der Waals surface area contributed by atoms with E-state index >= 15 is 0 Å². The molecule has 0 spiro atoms. The molecular formula is C31H37N. The van der Waals surface area contributed by atoms with Gasteiger partial charge in [-0.15, -0.1) is 0 Å². The smallest absolute Gasteiger partial charge is 0.0620 e. The lowest BCUT2D eigenvalue weighted by molar-refractivity contribution is 0.435. The summed E-state index contributed by atoms with van der Waals surface area (Å²) in [6, 6.07) is 29.3. The minimum atomic E-state index is -0.0986. The molecule has 0 radical (unpaired) electrons. The second-order valence-corrected chi connectivity index (χ2v) is 9.45. The van der Waals surface area contributed by atoms with Crippen LogP contribution in [0.15, 0.2) is 78.9 Å². The normalized spacial score (nSPS) is 12.4. The van der Waals surface area contributed by atoms with Crippen molar-refractivity contribution < 1.29 is 0 Å². The van der Waals surface area contributed by atoms with E-state index in [0.29, 0.717) is 0 Å². The predicted molar refractivity (Wildman–Crippen MR) is 142 cm³/mol. The van der Waals surface area contributed by atoms with Crippen molar-refractivity contribution in [2.75, 3.05) is 5.32 Å². The molecule has 0 bridgehead atoms. The van der Waals surface area contributed by atoms with Crippen molar-refractivity contribution in [1.82, 2.24) is 0 Å². The molecule has 166 valence electrons. The highest BCUT2D eigenvalue weighted by molar-refractivity contribution is 6.13. The van der Waals surface area contributed by atoms with Crippen LogP contribution in [0, 0.1) is 0 Å². The van der Waals surface area contributed by atoms with Gasteiger partial charge < -0.3 is 5.32 Å². The summed E-state index contributed by atoms with van der Waals surface area (Å²) in [4.78, 5) is 0. The van der Waals surface area contributed by atoms with Gasteiger partial charge in [0.2, 0.25) is 0 Å². The molecule has 4 aromatic carbocycles. The molecule has 1 N–H and O–H groups in total. The minimum Gasteiger partial charge on any atom is -0.375 e. The van der Waals surface area contributed by atoms with Crippen LogP contribution in [0.25, 0.3) is 21.5 Å². The first-order chi connectivity index (χ1) is 15.5. The van der Waals surface area contributed by atoms with Crippen molar-refractivity contribution in [3.05, 3.63) is 90.0 Å². The van der Waals surface area contributed by atoms with E-state index in [2.05, 4.69) is 119 Å². The molecular weight excluding hydrogens is 386 g/mol. The third kappa shape index (κ3) is 3.79. The molecule has 0 aliphatic rings. The van der Waals surface area contributed by atoms with Gasteiger partial charge in [0.15, 0.2) is 0 Å². The summed E-state index contributed by atoms with van der Waals surface area (Å²) in [5, 5.41) is 9.23. The first-order valence-corrected chi connectivity index (χ1v) is 12.3. The first kappa shape index (κ1) is 22.4. The molecule has 0 aliphatic heterocycles. The highest BCUT2D eigenvalue weighted by atomic mass is 15.0. The number of nitrogens with one attached hydrogen (secondary N) is 1. The Labute approximate surface area is 193 Å². The summed E-state index contributed by atoms with van der Waals surface area (Å²) in [6.45, 7) is 11.6. The van der Waals surface area contributed by atoms with Crippen LogP contribution < -0.4 is 5.32 Å². The van der Waals surface area contributed by atoms with Gasteiger partial charge in [0.1, 0.15) is 0 Å². The molecule has 32 heavy (non-hydrogen) atoms. The molecule has 4 aromatic rings. The Balaban J connectivity index is 1.81. The number of benzene rings is 4. The molecule has 0 amide bonds. The first-order valence-electron chi connectivity index (χ1n) is 12.3.